The Morgan fingerprint density at radius 1 is 1.20 bits per heavy atom. The average molecular weight is 340 g/mol. The van der Waals surface area contributed by atoms with Gasteiger partial charge < -0.3 is 10.1 Å². The predicted octanol–water partition coefficient (Wildman–Crippen LogP) is 2.70. The second-order valence-corrected chi connectivity index (χ2v) is 7.77. The molecule has 134 valence electrons. The van der Waals surface area contributed by atoms with Crippen molar-refractivity contribution in [2.75, 3.05) is 32.8 Å². The molecule has 4 heteroatoms. The van der Waals surface area contributed by atoms with Crippen molar-refractivity contribution in [3.05, 3.63) is 47.5 Å². The number of nitrogens with zero attached hydrogens (tertiary/aromatic N) is 1. The van der Waals surface area contributed by atoms with Crippen molar-refractivity contribution in [3.8, 4) is 0 Å². The maximum absolute atomic E-state index is 12.9. The van der Waals surface area contributed by atoms with Crippen LogP contribution in [0.3, 0.4) is 0 Å². The first-order valence-corrected chi connectivity index (χ1v) is 9.54. The average Bonchev–Trinajstić information content (AvgIpc) is 3.26. The number of carbonyl (C=O) groups is 1. The monoisotopic (exact) mass is 340 g/mol. The van der Waals surface area contributed by atoms with Crippen LogP contribution in [0.4, 0.5) is 0 Å². The highest BCUT2D eigenvalue weighted by molar-refractivity contribution is 5.80. The van der Waals surface area contributed by atoms with Crippen molar-refractivity contribution >= 4 is 5.91 Å². The zero-order valence-corrected chi connectivity index (χ0v) is 15.0. The number of benzene rings is 1. The largest absolute Gasteiger partial charge is 0.379 e. The fourth-order valence-corrected chi connectivity index (χ4v) is 4.44. The maximum Gasteiger partial charge on any atom is 0.224 e. The van der Waals surface area contributed by atoms with Crippen LogP contribution in [0.1, 0.15) is 30.0 Å². The first kappa shape index (κ1) is 16.8. The van der Waals surface area contributed by atoms with Gasteiger partial charge in [-0.2, -0.15) is 0 Å². The Balaban J connectivity index is 1.47. The quantitative estimate of drug-likeness (QED) is 0.838. The molecule has 1 heterocycles. The lowest BCUT2D eigenvalue weighted by Crippen LogP contribution is -2.44. The molecule has 0 spiro atoms. The number of morpholine rings is 1. The summed E-state index contributed by atoms with van der Waals surface area (Å²) in [4.78, 5) is 15.3. The number of hydrogen-bond acceptors (Lipinski definition) is 3. The highest BCUT2D eigenvalue weighted by Gasteiger charge is 2.40. The summed E-state index contributed by atoms with van der Waals surface area (Å²) in [6, 6.07) is 8.62. The maximum atomic E-state index is 12.9. The van der Waals surface area contributed by atoms with Gasteiger partial charge in [-0.15, -0.1) is 0 Å². The van der Waals surface area contributed by atoms with Crippen LogP contribution in [0.5, 0.6) is 0 Å². The summed E-state index contributed by atoms with van der Waals surface area (Å²) in [6.07, 6.45) is 6.73. The molecule has 2 fully saturated rings. The van der Waals surface area contributed by atoms with E-state index in [4.69, 9.17) is 4.74 Å². The normalized spacial score (nSPS) is 29.7. The number of fused-ring (bicyclic) bond motifs is 2. The molecule has 1 saturated heterocycles. The smallest absolute Gasteiger partial charge is 0.224 e. The van der Waals surface area contributed by atoms with Crippen LogP contribution in [0.25, 0.3) is 0 Å². The second kappa shape index (κ2) is 7.30. The first-order valence-electron chi connectivity index (χ1n) is 9.54. The van der Waals surface area contributed by atoms with Crippen LogP contribution >= 0.6 is 0 Å². The van der Waals surface area contributed by atoms with Gasteiger partial charge in [0.1, 0.15) is 0 Å². The van der Waals surface area contributed by atoms with Gasteiger partial charge in [0, 0.05) is 25.6 Å². The molecule has 1 aromatic carbocycles. The second-order valence-electron chi connectivity index (χ2n) is 7.77. The molecule has 25 heavy (non-hydrogen) atoms. The topological polar surface area (TPSA) is 41.6 Å². The summed E-state index contributed by atoms with van der Waals surface area (Å²) in [6.45, 7) is 6.40. The molecule has 1 aromatic rings. The van der Waals surface area contributed by atoms with E-state index in [2.05, 4.69) is 53.6 Å². The van der Waals surface area contributed by atoms with Crippen molar-refractivity contribution in [1.82, 2.24) is 10.2 Å². The fraction of sp³-hybridized carbons (Fsp3) is 0.571. The van der Waals surface area contributed by atoms with Gasteiger partial charge in [-0.3, -0.25) is 9.69 Å². The molecular weight excluding hydrogens is 312 g/mol. The van der Waals surface area contributed by atoms with Gasteiger partial charge in [-0.25, -0.2) is 0 Å². The van der Waals surface area contributed by atoms with Crippen molar-refractivity contribution in [2.45, 2.75) is 25.8 Å². The number of carbonyl (C=O) groups excluding carboxylic acids is 1. The van der Waals surface area contributed by atoms with E-state index in [1.807, 2.05) is 0 Å². The molecule has 1 saturated carbocycles. The van der Waals surface area contributed by atoms with Crippen LogP contribution in [0.2, 0.25) is 0 Å². The number of rotatable bonds is 5. The van der Waals surface area contributed by atoms with E-state index in [1.54, 1.807) is 0 Å². The zero-order chi connectivity index (χ0) is 17.2. The molecule has 0 aromatic heterocycles. The summed E-state index contributed by atoms with van der Waals surface area (Å²) in [5.41, 5.74) is 2.45. The van der Waals surface area contributed by atoms with Gasteiger partial charge in [-0.05, 0) is 37.2 Å². The van der Waals surface area contributed by atoms with Gasteiger partial charge in [0.15, 0.2) is 0 Å². The molecule has 3 aliphatic rings. The third-order valence-corrected chi connectivity index (χ3v) is 5.96. The van der Waals surface area contributed by atoms with Gasteiger partial charge in [0.2, 0.25) is 5.91 Å². The fourth-order valence-electron chi connectivity index (χ4n) is 4.44. The number of aryl methyl sites for hydroxylation is 1. The van der Waals surface area contributed by atoms with E-state index >= 15 is 0 Å². The van der Waals surface area contributed by atoms with Crippen LogP contribution in [-0.4, -0.2) is 43.7 Å². The molecule has 4 atom stereocenters. The third kappa shape index (κ3) is 3.80. The highest BCUT2D eigenvalue weighted by atomic mass is 16.5. The SMILES string of the molecule is Cc1ccc(C(CN2CCOCC2)NC(=O)C2CC3C=CC2C3)cc1. The Bertz CT molecular complexity index is 634. The minimum Gasteiger partial charge on any atom is -0.379 e. The standard InChI is InChI=1S/C21H28N2O2/c1-15-2-5-17(6-3-15)20(14-23-8-10-25-11-9-23)22-21(24)19-13-16-4-7-18(19)12-16/h2-7,16,18-20H,8-14H2,1H3,(H,22,24). The lowest BCUT2D eigenvalue weighted by atomic mass is 9.92. The lowest BCUT2D eigenvalue weighted by molar-refractivity contribution is -0.126. The highest BCUT2D eigenvalue weighted by Crippen LogP contribution is 2.43. The van der Waals surface area contributed by atoms with Gasteiger partial charge in [-0.1, -0.05) is 42.0 Å². The molecular formula is C21H28N2O2. The van der Waals surface area contributed by atoms with Crippen LogP contribution in [-0.2, 0) is 9.53 Å². The molecule has 4 nitrogen and oxygen atoms in total. The minimum atomic E-state index is 0.0503. The Kier molecular flexibility index (Phi) is 4.91. The van der Waals surface area contributed by atoms with Crippen LogP contribution < -0.4 is 5.32 Å². The van der Waals surface area contributed by atoms with E-state index in [0.717, 1.165) is 45.7 Å². The van der Waals surface area contributed by atoms with Gasteiger partial charge in [0.05, 0.1) is 19.3 Å². The van der Waals surface area contributed by atoms with Gasteiger partial charge >= 0.3 is 0 Å². The molecule has 2 aliphatic carbocycles. The van der Waals surface area contributed by atoms with Crippen molar-refractivity contribution in [1.29, 1.82) is 0 Å². The van der Waals surface area contributed by atoms with E-state index < -0.39 is 0 Å². The number of amides is 1. The molecule has 1 amide bonds. The summed E-state index contributed by atoms with van der Waals surface area (Å²) < 4.78 is 5.46. The predicted molar refractivity (Wildman–Crippen MR) is 98.2 cm³/mol. The Morgan fingerprint density at radius 3 is 2.60 bits per heavy atom. The molecule has 0 radical (unpaired) electrons. The van der Waals surface area contributed by atoms with E-state index in [9.17, 15) is 4.79 Å². The van der Waals surface area contributed by atoms with Gasteiger partial charge in [0.25, 0.3) is 0 Å². The Morgan fingerprint density at radius 2 is 1.96 bits per heavy atom. The van der Waals surface area contributed by atoms with Crippen LogP contribution in [0.15, 0.2) is 36.4 Å². The number of nitrogens with one attached hydrogen (secondary N) is 1. The molecule has 1 N–H and O–H groups in total. The van der Waals surface area contributed by atoms with E-state index in [0.29, 0.717) is 11.8 Å². The molecule has 4 unspecified atom stereocenters. The van der Waals surface area contributed by atoms with E-state index in [-0.39, 0.29) is 17.9 Å². The summed E-state index contributed by atoms with van der Waals surface area (Å²) in [7, 11) is 0. The molecule has 4 rings (SSSR count). The molecule has 1 aliphatic heterocycles. The lowest BCUT2D eigenvalue weighted by Gasteiger charge is -2.32. The first-order chi connectivity index (χ1) is 12.2. The summed E-state index contributed by atoms with van der Waals surface area (Å²) in [5.74, 6) is 1.47. The van der Waals surface area contributed by atoms with E-state index in [1.165, 1.54) is 11.1 Å². The zero-order valence-electron chi connectivity index (χ0n) is 15.0. The Hall–Kier alpha value is -1.65. The van der Waals surface area contributed by atoms with Crippen molar-refractivity contribution in [3.63, 3.8) is 0 Å². The third-order valence-electron chi connectivity index (χ3n) is 5.96. The Labute approximate surface area is 150 Å². The summed E-state index contributed by atoms with van der Waals surface area (Å²) in [5, 5.41) is 3.37. The number of hydrogen-bond donors (Lipinski definition) is 1. The van der Waals surface area contributed by atoms with Crippen molar-refractivity contribution in [2.24, 2.45) is 17.8 Å². The number of allylic oxidation sites excluding steroid dienone is 2. The van der Waals surface area contributed by atoms with Crippen LogP contribution in [0, 0.1) is 24.7 Å². The number of ether oxygens (including phenoxy) is 1. The minimum absolute atomic E-state index is 0.0503. The summed E-state index contributed by atoms with van der Waals surface area (Å²) >= 11 is 0. The molecule has 2 bridgehead atoms. The van der Waals surface area contributed by atoms with Crippen molar-refractivity contribution < 1.29 is 9.53 Å².